The molecule has 4 rings (SSSR count). The Morgan fingerprint density at radius 3 is 2.62 bits per heavy atom. The van der Waals surface area contributed by atoms with Crippen molar-refractivity contribution in [3.05, 3.63) is 63.5 Å². The summed E-state index contributed by atoms with van der Waals surface area (Å²) in [5.41, 5.74) is 2.00. The van der Waals surface area contributed by atoms with E-state index in [2.05, 4.69) is 10.6 Å². The average Bonchev–Trinajstić information content (AvgIpc) is 2.82. The van der Waals surface area contributed by atoms with Gasteiger partial charge in [0, 0.05) is 24.0 Å². The van der Waals surface area contributed by atoms with Gasteiger partial charge in [0.05, 0.1) is 21.3 Å². The molecule has 32 heavy (non-hydrogen) atoms. The average molecular weight is 438 g/mol. The molecule has 2 aromatic carbocycles. The third-order valence-electron chi connectivity index (χ3n) is 5.71. The van der Waals surface area contributed by atoms with Crippen molar-refractivity contribution in [2.75, 3.05) is 34.4 Å². The van der Waals surface area contributed by atoms with Crippen LogP contribution in [0.3, 0.4) is 0 Å². The first-order valence-electron chi connectivity index (χ1n) is 10.4. The minimum Gasteiger partial charge on any atom is -0.497 e. The summed E-state index contributed by atoms with van der Waals surface area (Å²) in [6, 6.07) is 10.7. The molecule has 3 aromatic rings. The predicted octanol–water partition coefficient (Wildman–Crippen LogP) is 2.83. The lowest BCUT2D eigenvalue weighted by Gasteiger charge is -2.28. The van der Waals surface area contributed by atoms with E-state index < -0.39 is 11.5 Å². The number of nitrogens with one attached hydrogen (secondary N) is 2. The summed E-state index contributed by atoms with van der Waals surface area (Å²) in [5, 5.41) is 6.97. The van der Waals surface area contributed by atoms with Gasteiger partial charge >= 0.3 is 5.63 Å². The Hall–Kier alpha value is -3.52. The normalized spacial score (nSPS) is 15.2. The minimum absolute atomic E-state index is 0.0222. The number of rotatable bonds is 7. The summed E-state index contributed by atoms with van der Waals surface area (Å²) in [6.45, 7) is 1.23. The number of hydrogen-bond acceptors (Lipinski definition) is 7. The van der Waals surface area contributed by atoms with Crippen LogP contribution in [0, 0.1) is 0 Å². The molecule has 0 bridgehead atoms. The van der Waals surface area contributed by atoms with Crippen molar-refractivity contribution in [1.29, 1.82) is 0 Å². The quantitative estimate of drug-likeness (QED) is 0.547. The van der Waals surface area contributed by atoms with Crippen molar-refractivity contribution in [2.24, 2.45) is 0 Å². The van der Waals surface area contributed by atoms with Crippen LogP contribution in [-0.2, 0) is 6.42 Å². The van der Waals surface area contributed by atoms with Gasteiger partial charge in [-0.05, 0) is 60.8 Å². The Balaban J connectivity index is 1.46. The summed E-state index contributed by atoms with van der Waals surface area (Å²) < 4.78 is 21.3. The molecule has 0 saturated carbocycles. The van der Waals surface area contributed by atoms with Gasteiger partial charge in [0.25, 0.3) is 5.91 Å². The van der Waals surface area contributed by atoms with Crippen molar-refractivity contribution in [3.63, 3.8) is 0 Å². The largest absolute Gasteiger partial charge is 0.497 e. The van der Waals surface area contributed by atoms with Crippen molar-refractivity contribution >= 4 is 16.9 Å². The molecule has 0 spiro atoms. The van der Waals surface area contributed by atoms with Gasteiger partial charge in [-0.3, -0.25) is 4.79 Å². The third-order valence-corrected chi connectivity index (χ3v) is 5.71. The van der Waals surface area contributed by atoms with Gasteiger partial charge < -0.3 is 29.3 Å². The maximum absolute atomic E-state index is 12.7. The van der Waals surface area contributed by atoms with Crippen LogP contribution >= 0.6 is 0 Å². The molecule has 8 heteroatoms. The van der Waals surface area contributed by atoms with Crippen LogP contribution in [0.25, 0.3) is 11.0 Å². The SMILES string of the molecule is COc1ccc2cc(C(=O)NCCC3NCCc4cc(OC)c(OC)cc43)c(=O)oc2c1. The zero-order chi connectivity index (χ0) is 22.7. The molecule has 1 atom stereocenters. The monoisotopic (exact) mass is 438 g/mol. The van der Waals surface area contributed by atoms with Gasteiger partial charge in [-0.1, -0.05) is 0 Å². The molecule has 1 aliphatic rings. The van der Waals surface area contributed by atoms with E-state index in [1.54, 1.807) is 38.5 Å². The number of methoxy groups -OCH3 is 3. The van der Waals surface area contributed by atoms with Gasteiger partial charge in [0.2, 0.25) is 0 Å². The van der Waals surface area contributed by atoms with Crippen LogP contribution in [0.15, 0.2) is 45.6 Å². The lowest BCUT2D eigenvalue weighted by Crippen LogP contribution is -2.34. The van der Waals surface area contributed by atoms with Crippen molar-refractivity contribution in [2.45, 2.75) is 18.9 Å². The molecule has 1 aromatic heterocycles. The van der Waals surface area contributed by atoms with E-state index in [1.807, 2.05) is 12.1 Å². The molecule has 1 unspecified atom stereocenters. The highest BCUT2D eigenvalue weighted by Gasteiger charge is 2.23. The maximum atomic E-state index is 12.7. The number of carbonyl (C=O) groups is 1. The molecule has 0 radical (unpaired) electrons. The molecule has 0 fully saturated rings. The van der Waals surface area contributed by atoms with E-state index >= 15 is 0 Å². The molecular formula is C24H26N2O6. The molecule has 1 amide bonds. The number of benzene rings is 2. The summed E-state index contributed by atoms with van der Waals surface area (Å²) in [7, 11) is 4.77. The van der Waals surface area contributed by atoms with Crippen LogP contribution in [0.5, 0.6) is 17.2 Å². The van der Waals surface area contributed by atoms with Gasteiger partial charge in [0.15, 0.2) is 11.5 Å². The second kappa shape index (κ2) is 9.32. The lowest BCUT2D eigenvalue weighted by molar-refractivity contribution is 0.0948. The summed E-state index contributed by atoms with van der Waals surface area (Å²) in [4.78, 5) is 25.0. The van der Waals surface area contributed by atoms with E-state index in [-0.39, 0.29) is 11.6 Å². The van der Waals surface area contributed by atoms with E-state index in [0.717, 1.165) is 18.5 Å². The first kappa shape index (κ1) is 21.7. The van der Waals surface area contributed by atoms with Gasteiger partial charge in [0.1, 0.15) is 16.9 Å². The topological polar surface area (TPSA) is 99.0 Å². The second-order valence-electron chi connectivity index (χ2n) is 7.56. The zero-order valence-corrected chi connectivity index (χ0v) is 18.3. The Bertz CT molecular complexity index is 1200. The third kappa shape index (κ3) is 4.27. The maximum Gasteiger partial charge on any atom is 0.349 e. The van der Waals surface area contributed by atoms with Crippen LogP contribution in [-0.4, -0.2) is 40.3 Å². The van der Waals surface area contributed by atoms with Gasteiger partial charge in [-0.2, -0.15) is 0 Å². The number of carbonyl (C=O) groups excluding carboxylic acids is 1. The Labute approximate surface area is 185 Å². The minimum atomic E-state index is -0.679. The summed E-state index contributed by atoms with van der Waals surface area (Å²) in [5.74, 6) is 1.50. The predicted molar refractivity (Wildman–Crippen MR) is 120 cm³/mol. The van der Waals surface area contributed by atoms with Crippen LogP contribution in [0.1, 0.15) is 33.9 Å². The first-order valence-corrected chi connectivity index (χ1v) is 10.4. The summed E-state index contributed by atoms with van der Waals surface area (Å²) in [6.07, 6.45) is 1.55. The molecule has 8 nitrogen and oxygen atoms in total. The standard InChI is InChI=1S/C24H26N2O6/c1-29-16-5-4-15-10-18(24(28)32-20(15)12-16)23(27)26-9-7-19-17-13-22(31-3)21(30-2)11-14(17)6-8-25-19/h4-5,10-13,19,25H,6-9H2,1-3H3,(H,26,27). The summed E-state index contributed by atoms with van der Waals surface area (Å²) >= 11 is 0. The van der Waals surface area contributed by atoms with E-state index in [4.69, 9.17) is 18.6 Å². The Morgan fingerprint density at radius 1 is 1.09 bits per heavy atom. The molecule has 2 N–H and O–H groups in total. The number of hydrogen-bond donors (Lipinski definition) is 2. The molecule has 0 saturated heterocycles. The Kier molecular flexibility index (Phi) is 6.32. The van der Waals surface area contributed by atoms with Gasteiger partial charge in [-0.15, -0.1) is 0 Å². The van der Waals surface area contributed by atoms with Crippen LogP contribution in [0.4, 0.5) is 0 Å². The number of amides is 1. The fourth-order valence-electron chi connectivity index (χ4n) is 4.03. The second-order valence-corrected chi connectivity index (χ2v) is 7.56. The lowest BCUT2D eigenvalue weighted by atomic mass is 9.92. The number of fused-ring (bicyclic) bond motifs is 2. The van der Waals surface area contributed by atoms with E-state index in [0.29, 0.717) is 41.2 Å². The fourth-order valence-corrected chi connectivity index (χ4v) is 4.03. The molecule has 168 valence electrons. The van der Waals surface area contributed by atoms with E-state index in [1.165, 1.54) is 12.7 Å². The van der Waals surface area contributed by atoms with Crippen LogP contribution < -0.4 is 30.5 Å². The van der Waals surface area contributed by atoms with Crippen molar-refractivity contribution < 1.29 is 23.4 Å². The van der Waals surface area contributed by atoms with Gasteiger partial charge in [-0.25, -0.2) is 4.79 Å². The van der Waals surface area contributed by atoms with Crippen LogP contribution in [0.2, 0.25) is 0 Å². The molecule has 1 aliphatic heterocycles. The highest BCUT2D eigenvalue weighted by molar-refractivity contribution is 5.96. The first-order chi connectivity index (χ1) is 15.5. The smallest absolute Gasteiger partial charge is 0.349 e. The van der Waals surface area contributed by atoms with E-state index in [9.17, 15) is 9.59 Å². The van der Waals surface area contributed by atoms with Crippen molar-refractivity contribution in [1.82, 2.24) is 10.6 Å². The Morgan fingerprint density at radius 2 is 1.88 bits per heavy atom. The highest BCUT2D eigenvalue weighted by atomic mass is 16.5. The number of ether oxygens (including phenoxy) is 3. The molecular weight excluding hydrogens is 412 g/mol. The fraction of sp³-hybridized carbons (Fsp3) is 0.333. The molecule has 2 heterocycles. The zero-order valence-electron chi connectivity index (χ0n) is 18.3. The van der Waals surface area contributed by atoms with Crippen molar-refractivity contribution in [3.8, 4) is 17.2 Å². The molecule has 0 aliphatic carbocycles. The highest BCUT2D eigenvalue weighted by Crippen LogP contribution is 2.36.